The molecule has 0 aliphatic heterocycles. The Morgan fingerprint density at radius 3 is 2.17 bits per heavy atom. The Labute approximate surface area is 74.2 Å². The second kappa shape index (κ2) is 4.93. The van der Waals surface area contributed by atoms with Gasteiger partial charge in [0.25, 0.3) is 5.91 Å². The first-order valence-electron chi connectivity index (χ1n) is 4.28. The van der Waals surface area contributed by atoms with Gasteiger partial charge in [0.05, 0.1) is 0 Å². The lowest BCUT2D eigenvalue weighted by atomic mass is 10.1. The predicted octanol–water partition coefficient (Wildman–Crippen LogP) is 0.758. The van der Waals surface area contributed by atoms with Crippen molar-refractivity contribution in [3.05, 3.63) is 12.2 Å². The molecule has 0 aromatic heterocycles. The SMILES string of the molecule is C=C(C(=O)N(CC)CC)C(C)N. The number of carbonyl (C=O) groups excluding carboxylic acids is 1. The van der Waals surface area contributed by atoms with Crippen LogP contribution in [0.25, 0.3) is 0 Å². The lowest BCUT2D eigenvalue weighted by molar-refractivity contribution is -0.126. The number of rotatable bonds is 4. The van der Waals surface area contributed by atoms with E-state index in [1.165, 1.54) is 0 Å². The van der Waals surface area contributed by atoms with E-state index in [1.54, 1.807) is 11.8 Å². The number of carbonyl (C=O) groups is 1. The van der Waals surface area contributed by atoms with Gasteiger partial charge in [-0.25, -0.2) is 0 Å². The van der Waals surface area contributed by atoms with E-state index in [4.69, 9.17) is 5.73 Å². The van der Waals surface area contributed by atoms with Crippen LogP contribution in [0.2, 0.25) is 0 Å². The van der Waals surface area contributed by atoms with Crippen LogP contribution in [0.1, 0.15) is 20.8 Å². The van der Waals surface area contributed by atoms with Crippen molar-refractivity contribution >= 4 is 5.91 Å². The second-order valence-electron chi connectivity index (χ2n) is 2.79. The molecule has 0 rings (SSSR count). The van der Waals surface area contributed by atoms with Crippen LogP contribution in [-0.4, -0.2) is 29.9 Å². The van der Waals surface area contributed by atoms with E-state index < -0.39 is 0 Å². The molecule has 0 saturated heterocycles. The Bertz CT molecular complexity index is 171. The smallest absolute Gasteiger partial charge is 0.250 e. The first-order valence-corrected chi connectivity index (χ1v) is 4.28. The number of nitrogens with two attached hydrogens (primary N) is 1. The molecule has 0 radical (unpaired) electrons. The fraction of sp³-hybridized carbons (Fsp3) is 0.667. The predicted molar refractivity (Wildman–Crippen MR) is 50.7 cm³/mol. The lowest BCUT2D eigenvalue weighted by Gasteiger charge is -2.21. The molecule has 0 saturated carbocycles. The number of hydrogen-bond donors (Lipinski definition) is 1. The van der Waals surface area contributed by atoms with Crippen LogP contribution in [0.4, 0.5) is 0 Å². The average molecular weight is 170 g/mol. The third-order valence-corrected chi connectivity index (χ3v) is 1.88. The molecule has 0 fully saturated rings. The highest BCUT2D eigenvalue weighted by Crippen LogP contribution is 2.02. The Morgan fingerprint density at radius 1 is 1.50 bits per heavy atom. The fourth-order valence-electron chi connectivity index (χ4n) is 0.909. The third kappa shape index (κ3) is 2.66. The van der Waals surface area contributed by atoms with E-state index in [-0.39, 0.29) is 11.9 Å². The van der Waals surface area contributed by atoms with Crippen LogP contribution in [-0.2, 0) is 4.79 Å². The molecule has 1 unspecified atom stereocenters. The van der Waals surface area contributed by atoms with Crippen molar-refractivity contribution < 1.29 is 4.79 Å². The van der Waals surface area contributed by atoms with Crippen LogP contribution in [0.15, 0.2) is 12.2 Å². The normalized spacial score (nSPS) is 12.3. The van der Waals surface area contributed by atoms with Crippen LogP contribution in [0.5, 0.6) is 0 Å². The fourth-order valence-corrected chi connectivity index (χ4v) is 0.909. The molecule has 70 valence electrons. The number of hydrogen-bond acceptors (Lipinski definition) is 2. The number of likely N-dealkylation sites (N-methyl/N-ethyl adjacent to an activating group) is 1. The molecule has 12 heavy (non-hydrogen) atoms. The zero-order valence-corrected chi connectivity index (χ0v) is 8.13. The van der Waals surface area contributed by atoms with Gasteiger partial charge in [-0.1, -0.05) is 6.58 Å². The van der Waals surface area contributed by atoms with Crippen LogP contribution >= 0.6 is 0 Å². The zero-order valence-electron chi connectivity index (χ0n) is 8.13. The molecule has 3 nitrogen and oxygen atoms in total. The molecule has 0 aromatic rings. The summed E-state index contributed by atoms with van der Waals surface area (Å²) in [7, 11) is 0. The van der Waals surface area contributed by atoms with Crippen molar-refractivity contribution in [3.8, 4) is 0 Å². The third-order valence-electron chi connectivity index (χ3n) is 1.88. The minimum absolute atomic E-state index is 0.0324. The Balaban J connectivity index is 4.26. The minimum atomic E-state index is -0.252. The van der Waals surface area contributed by atoms with Gasteiger partial charge < -0.3 is 10.6 Å². The maximum Gasteiger partial charge on any atom is 0.250 e. The van der Waals surface area contributed by atoms with Gasteiger partial charge in [0, 0.05) is 24.7 Å². The summed E-state index contributed by atoms with van der Waals surface area (Å²) in [5, 5.41) is 0. The summed E-state index contributed by atoms with van der Waals surface area (Å²) in [6, 6.07) is -0.252. The molecular weight excluding hydrogens is 152 g/mol. The number of amides is 1. The Hall–Kier alpha value is -0.830. The molecular formula is C9H18N2O. The van der Waals surface area contributed by atoms with Gasteiger partial charge in [0.15, 0.2) is 0 Å². The van der Waals surface area contributed by atoms with E-state index in [0.717, 1.165) is 0 Å². The van der Waals surface area contributed by atoms with Crippen molar-refractivity contribution in [2.45, 2.75) is 26.8 Å². The highest BCUT2D eigenvalue weighted by Gasteiger charge is 2.15. The Kier molecular flexibility index (Phi) is 4.59. The lowest BCUT2D eigenvalue weighted by Crippen LogP contribution is -2.36. The molecule has 0 aliphatic rings. The van der Waals surface area contributed by atoms with Crippen LogP contribution in [0, 0.1) is 0 Å². The number of nitrogens with zero attached hydrogens (tertiary/aromatic N) is 1. The molecule has 1 amide bonds. The van der Waals surface area contributed by atoms with Gasteiger partial charge in [-0.3, -0.25) is 4.79 Å². The first kappa shape index (κ1) is 11.2. The van der Waals surface area contributed by atoms with Gasteiger partial charge in [-0.15, -0.1) is 0 Å². The molecule has 0 spiro atoms. The summed E-state index contributed by atoms with van der Waals surface area (Å²) in [5.74, 6) is -0.0324. The summed E-state index contributed by atoms with van der Waals surface area (Å²) < 4.78 is 0. The quantitative estimate of drug-likeness (QED) is 0.633. The van der Waals surface area contributed by atoms with Gasteiger partial charge in [0.1, 0.15) is 0 Å². The van der Waals surface area contributed by atoms with E-state index in [0.29, 0.717) is 18.7 Å². The molecule has 1 atom stereocenters. The average Bonchev–Trinajstić information content (AvgIpc) is 2.05. The summed E-state index contributed by atoms with van der Waals surface area (Å²) >= 11 is 0. The van der Waals surface area contributed by atoms with E-state index >= 15 is 0 Å². The summed E-state index contributed by atoms with van der Waals surface area (Å²) in [4.78, 5) is 13.2. The molecule has 2 N–H and O–H groups in total. The zero-order chi connectivity index (χ0) is 9.72. The van der Waals surface area contributed by atoms with E-state index in [9.17, 15) is 4.79 Å². The molecule has 0 aliphatic carbocycles. The monoisotopic (exact) mass is 170 g/mol. The van der Waals surface area contributed by atoms with E-state index in [1.807, 2.05) is 13.8 Å². The standard InChI is InChI=1S/C9H18N2O/c1-5-11(6-2)9(12)7(3)8(4)10/h8H,3,5-6,10H2,1-2,4H3. The minimum Gasteiger partial charge on any atom is -0.339 e. The maximum absolute atomic E-state index is 11.5. The molecule has 0 bridgehead atoms. The van der Waals surface area contributed by atoms with E-state index in [2.05, 4.69) is 6.58 Å². The Morgan fingerprint density at radius 2 is 1.92 bits per heavy atom. The summed E-state index contributed by atoms with van der Waals surface area (Å²) in [6.45, 7) is 10.7. The van der Waals surface area contributed by atoms with Gasteiger partial charge in [-0.2, -0.15) is 0 Å². The van der Waals surface area contributed by atoms with Crippen molar-refractivity contribution in [1.29, 1.82) is 0 Å². The second-order valence-corrected chi connectivity index (χ2v) is 2.79. The van der Waals surface area contributed by atoms with Crippen LogP contribution in [0.3, 0.4) is 0 Å². The summed E-state index contributed by atoms with van der Waals surface area (Å²) in [5.41, 5.74) is 6.02. The van der Waals surface area contributed by atoms with Crippen molar-refractivity contribution in [2.24, 2.45) is 5.73 Å². The molecule has 3 heteroatoms. The van der Waals surface area contributed by atoms with Gasteiger partial charge in [-0.05, 0) is 20.8 Å². The highest BCUT2D eigenvalue weighted by molar-refractivity contribution is 5.93. The van der Waals surface area contributed by atoms with Crippen molar-refractivity contribution in [2.75, 3.05) is 13.1 Å². The molecule has 0 aromatic carbocycles. The van der Waals surface area contributed by atoms with Crippen LogP contribution < -0.4 is 5.73 Å². The first-order chi connectivity index (χ1) is 5.54. The summed E-state index contributed by atoms with van der Waals surface area (Å²) in [6.07, 6.45) is 0. The van der Waals surface area contributed by atoms with Gasteiger partial charge in [0.2, 0.25) is 0 Å². The van der Waals surface area contributed by atoms with Crippen molar-refractivity contribution in [3.63, 3.8) is 0 Å². The largest absolute Gasteiger partial charge is 0.339 e. The topological polar surface area (TPSA) is 46.3 Å². The van der Waals surface area contributed by atoms with Crippen molar-refractivity contribution in [1.82, 2.24) is 4.90 Å². The highest BCUT2D eigenvalue weighted by atomic mass is 16.2. The van der Waals surface area contributed by atoms with Gasteiger partial charge >= 0.3 is 0 Å². The maximum atomic E-state index is 11.5. The molecule has 0 heterocycles.